The van der Waals surface area contributed by atoms with Gasteiger partial charge < -0.3 is 15.1 Å². The molecule has 1 aliphatic heterocycles. The van der Waals surface area contributed by atoms with Crippen molar-refractivity contribution in [1.82, 2.24) is 15.2 Å². The number of fused-ring (bicyclic) bond motifs is 1. The predicted octanol–water partition coefficient (Wildman–Crippen LogP) is 3.71. The van der Waals surface area contributed by atoms with Crippen LogP contribution >= 0.6 is 0 Å². The number of benzene rings is 2. The van der Waals surface area contributed by atoms with Crippen molar-refractivity contribution in [3.05, 3.63) is 71.4 Å². The first-order chi connectivity index (χ1) is 14.5. The molecule has 2 heterocycles. The quantitative estimate of drug-likeness (QED) is 0.709. The Bertz CT molecular complexity index is 1110. The van der Waals surface area contributed by atoms with Gasteiger partial charge in [0.2, 0.25) is 0 Å². The predicted molar refractivity (Wildman–Crippen MR) is 121 cm³/mol. The molecule has 5 nitrogen and oxygen atoms in total. The molecule has 154 valence electrons. The van der Waals surface area contributed by atoms with Crippen LogP contribution in [0.15, 0.2) is 54.7 Å². The minimum absolute atomic E-state index is 0.0115. The molecular formula is C25H28N4O. The second-order valence-corrected chi connectivity index (χ2v) is 8.93. The van der Waals surface area contributed by atoms with Crippen LogP contribution in [0.25, 0.3) is 10.9 Å². The molecule has 3 aromatic rings. The molecule has 0 bridgehead atoms. The number of nitrogens with one attached hydrogen (secondary N) is 1. The molecule has 1 saturated heterocycles. The number of amides is 1. The van der Waals surface area contributed by atoms with Crippen LogP contribution in [0.2, 0.25) is 0 Å². The smallest absolute Gasteiger partial charge is 0.252 e. The van der Waals surface area contributed by atoms with E-state index in [0.29, 0.717) is 6.04 Å². The monoisotopic (exact) mass is 400 g/mol. The van der Waals surface area contributed by atoms with Gasteiger partial charge in [-0.25, -0.2) is 0 Å². The van der Waals surface area contributed by atoms with Crippen LogP contribution in [0.3, 0.4) is 0 Å². The average Bonchev–Trinajstić information content (AvgIpc) is 3.47. The summed E-state index contributed by atoms with van der Waals surface area (Å²) in [6.45, 7) is 4.02. The Balaban J connectivity index is 1.40. The molecule has 1 saturated carbocycles. The van der Waals surface area contributed by atoms with Crippen molar-refractivity contribution in [2.24, 2.45) is 0 Å². The topological polar surface area (TPSA) is 48.5 Å². The number of hydrogen-bond donors (Lipinski definition) is 1. The first-order valence-electron chi connectivity index (χ1n) is 10.7. The van der Waals surface area contributed by atoms with Gasteiger partial charge in [0.05, 0.1) is 11.1 Å². The largest absolute Gasteiger partial charge is 0.368 e. The minimum atomic E-state index is -0.283. The van der Waals surface area contributed by atoms with E-state index in [1.807, 2.05) is 31.3 Å². The van der Waals surface area contributed by atoms with Crippen LogP contribution in [0.5, 0.6) is 0 Å². The number of aryl methyl sites for hydroxylation is 1. The number of pyridine rings is 1. The molecule has 0 atom stereocenters. The summed E-state index contributed by atoms with van der Waals surface area (Å²) in [5.41, 5.74) is 4.77. The number of likely N-dealkylation sites (N-methyl/N-ethyl adjacent to an activating group) is 1. The molecule has 1 aliphatic carbocycles. The van der Waals surface area contributed by atoms with E-state index in [-0.39, 0.29) is 11.4 Å². The lowest BCUT2D eigenvalue weighted by molar-refractivity contribution is 0.0930. The molecule has 1 aromatic heterocycles. The van der Waals surface area contributed by atoms with Crippen molar-refractivity contribution in [2.45, 2.75) is 31.3 Å². The fourth-order valence-electron chi connectivity index (χ4n) is 4.43. The first kappa shape index (κ1) is 19.1. The Hall–Kier alpha value is -2.92. The molecule has 2 aromatic carbocycles. The average molecular weight is 401 g/mol. The summed E-state index contributed by atoms with van der Waals surface area (Å²) in [5, 5.41) is 4.49. The summed E-state index contributed by atoms with van der Waals surface area (Å²) in [6.07, 6.45) is 3.77. The third-order valence-corrected chi connectivity index (χ3v) is 6.69. The van der Waals surface area contributed by atoms with E-state index in [9.17, 15) is 4.79 Å². The molecule has 1 N–H and O–H groups in total. The summed E-state index contributed by atoms with van der Waals surface area (Å²) in [4.78, 5) is 22.4. The molecule has 5 heteroatoms. The van der Waals surface area contributed by atoms with E-state index >= 15 is 0 Å². The summed E-state index contributed by atoms with van der Waals surface area (Å²) in [7, 11) is 4.24. The second kappa shape index (κ2) is 7.10. The van der Waals surface area contributed by atoms with Crippen molar-refractivity contribution < 1.29 is 4.79 Å². The zero-order chi connectivity index (χ0) is 20.9. The third-order valence-electron chi connectivity index (χ3n) is 6.69. The Morgan fingerprint density at radius 2 is 1.90 bits per heavy atom. The maximum atomic E-state index is 13.3. The van der Waals surface area contributed by atoms with Crippen molar-refractivity contribution in [3.8, 4) is 0 Å². The summed E-state index contributed by atoms with van der Waals surface area (Å²) < 4.78 is 0. The minimum Gasteiger partial charge on any atom is -0.368 e. The van der Waals surface area contributed by atoms with Crippen molar-refractivity contribution >= 4 is 22.5 Å². The van der Waals surface area contributed by atoms with Crippen molar-refractivity contribution in [3.63, 3.8) is 0 Å². The van der Waals surface area contributed by atoms with Crippen molar-refractivity contribution in [1.29, 1.82) is 0 Å². The van der Waals surface area contributed by atoms with Gasteiger partial charge in [-0.1, -0.05) is 24.3 Å². The standard InChI is InChI=1S/C25H28N4O/c1-17-8-9-18(29-15-19(16-29)28(2)3)14-21(17)24(30)27-25(11-12-25)22-10-13-26-23-7-5-4-6-20(22)23/h4-10,13-14,19H,11-12,15-16H2,1-3H3,(H,27,30). The number of para-hydroxylation sites is 1. The SMILES string of the molecule is Cc1ccc(N2CC(N(C)C)C2)cc1C(=O)NC1(c2ccnc3ccccc23)CC1. The van der Waals surface area contributed by atoms with E-state index in [2.05, 4.69) is 64.5 Å². The lowest BCUT2D eigenvalue weighted by Crippen LogP contribution is -2.57. The van der Waals surface area contributed by atoms with Gasteiger partial charge in [0.15, 0.2) is 0 Å². The number of aromatic nitrogens is 1. The van der Waals surface area contributed by atoms with Gasteiger partial charge in [0.1, 0.15) is 0 Å². The van der Waals surface area contributed by atoms with Crippen LogP contribution in [0, 0.1) is 6.92 Å². The van der Waals surface area contributed by atoms with Gasteiger partial charge in [0, 0.05) is 42.0 Å². The van der Waals surface area contributed by atoms with Gasteiger partial charge in [-0.2, -0.15) is 0 Å². The Labute approximate surface area is 177 Å². The van der Waals surface area contributed by atoms with Gasteiger partial charge in [0.25, 0.3) is 5.91 Å². The number of anilines is 1. The zero-order valence-corrected chi connectivity index (χ0v) is 17.9. The highest BCUT2D eigenvalue weighted by Gasteiger charge is 2.47. The van der Waals surface area contributed by atoms with E-state index in [1.165, 1.54) is 5.56 Å². The molecular weight excluding hydrogens is 372 g/mol. The van der Waals surface area contributed by atoms with E-state index in [0.717, 1.165) is 53.6 Å². The number of carbonyl (C=O) groups is 1. The lowest BCUT2D eigenvalue weighted by Gasteiger charge is -2.44. The molecule has 30 heavy (non-hydrogen) atoms. The summed E-state index contributed by atoms with van der Waals surface area (Å²) >= 11 is 0. The third kappa shape index (κ3) is 3.23. The molecule has 0 spiro atoms. The van der Waals surface area contributed by atoms with Gasteiger partial charge in [-0.05, 0) is 69.3 Å². The summed E-state index contributed by atoms with van der Waals surface area (Å²) in [6, 6.07) is 17.0. The van der Waals surface area contributed by atoms with Gasteiger partial charge in [-0.3, -0.25) is 9.78 Å². The molecule has 2 aliphatic rings. The first-order valence-corrected chi connectivity index (χ1v) is 10.7. The van der Waals surface area contributed by atoms with Crippen LogP contribution in [0.4, 0.5) is 5.69 Å². The Morgan fingerprint density at radius 3 is 2.63 bits per heavy atom. The Morgan fingerprint density at radius 1 is 1.13 bits per heavy atom. The maximum Gasteiger partial charge on any atom is 0.252 e. The molecule has 1 amide bonds. The fourth-order valence-corrected chi connectivity index (χ4v) is 4.43. The van der Waals surface area contributed by atoms with Crippen molar-refractivity contribution in [2.75, 3.05) is 32.1 Å². The van der Waals surface area contributed by atoms with Crippen LogP contribution in [-0.2, 0) is 5.54 Å². The normalized spacial score (nSPS) is 17.8. The number of carbonyl (C=O) groups excluding carboxylic acids is 1. The Kier molecular flexibility index (Phi) is 4.51. The highest BCUT2D eigenvalue weighted by Crippen LogP contribution is 2.48. The van der Waals surface area contributed by atoms with E-state index in [1.54, 1.807) is 0 Å². The maximum absolute atomic E-state index is 13.3. The zero-order valence-electron chi connectivity index (χ0n) is 17.9. The fraction of sp³-hybridized carbons (Fsp3) is 0.360. The van der Waals surface area contributed by atoms with E-state index < -0.39 is 0 Å². The number of nitrogens with zero attached hydrogens (tertiary/aromatic N) is 3. The number of rotatable bonds is 5. The van der Waals surface area contributed by atoms with Crippen LogP contribution < -0.4 is 10.2 Å². The lowest BCUT2D eigenvalue weighted by atomic mass is 9.98. The summed E-state index contributed by atoms with van der Waals surface area (Å²) in [5.74, 6) is 0.0115. The van der Waals surface area contributed by atoms with Crippen LogP contribution in [-0.4, -0.2) is 49.0 Å². The van der Waals surface area contributed by atoms with Gasteiger partial charge in [-0.15, -0.1) is 0 Å². The second-order valence-electron chi connectivity index (χ2n) is 8.93. The molecule has 0 unspecified atom stereocenters. The highest BCUT2D eigenvalue weighted by molar-refractivity contribution is 5.98. The molecule has 5 rings (SSSR count). The van der Waals surface area contributed by atoms with E-state index in [4.69, 9.17) is 0 Å². The molecule has 2 fully saturated rings. The molecule has 0 radical (unpaired) electrons. The highest BCUT2D eigenvalue weighted by atomic mass is 16.1. The van der Waals surface area contributed by atoms with Crippen LogP contribution in [0.1, 0.15) is 34.3 Å². The number of hydrogen-bond acceptors (Lipinski definition) is 4. The van der Waals surface area contributed by atoms with Gasteiger partial charge >= 0.3 is 0 Å².